The first-order chi connectivity index (χ1) is 7.18. The summed E-state index contributed by atoms with van der Waals surface area (Å²) in [6, 6.07) is 8.09. The summed E-state index contributed by atoms with van der Waals surface area (Å²) in [6.07, 6.45) is 0. The Bertz CT molecular complexity index is 483. The average molecular weight is 215 g/mol. The molecule has 0 aliphatic rings. The molecule has 0 bridgehead atoms. The number of aryl methyl sites for hydroxylation is 1. The molecule has 15 heavy (non-hydrogen) atoms. The Morgan fingerprint density at radius 3 is 2.80 bits per heavy atom. The summed E-state index contributed by atoms with van der Waals surface area (Å²) in [7, 11) is 0. The fourth-order valence-electron chi connectivity index (χ4n) is 1.52. The van der Waals surface area contributed by atoms with Crippen molar-refractivity contribution in [2.24, 2.45) is 0 Å². The molecule has 0 unspecified atom stereocenters. The first-order valence-corrected chi connectivity index (χ1v) is 5.71. The van der Waals surface area contributed by atoms with Crippen LogP contribution >= 0.6 is 11.3 Å². The Labute approximate surface area is 93.9 Å². The van der Waals surface area contributed by atoms with E-state index in [9.17, 15) is 0 Å². The van der Waals surface area contributed by atoms with Crippen molar-refractivity contribution in [3.05, 3.63) is 58.3 Å². The van der Waals surface area contributed by atoms with Gasteiger partial charge in [-0.1, -0.05) is 18.2 Å². The largest absolute Gasteiger partial charge is 0.398 e. The molecule has 0 spiro atoms. The number of nitrogens with two attached hydrogens (primary N) is 1. The average Bonchev–Trinajstić information content (AvgIpc) is 2.74. The van der Waals surface area contributed by atoms with Crippen LogP contribution in [0.5, 0.6) is 0 Å². The second-order valence-corrected chi connectivity index (χ2v) is 4.36. The number of hydrogen-bond donors (Lipinski definition) is 1. The molecule has 2 rings (SSSR count). The van der Waals surface area contributed by atoms with Gasteiger partial charge in [0.15, 0.2) is 0 Å². The number of thiophene rings is 1. The molecule has 0 radical (unpaired) electrons. The van der Waals surface area contributed by atoms with Gasteiger partial charge in [-0.15, -0.1) is 0 Å². The molecule has 2 N–H and O–H groups in total. The van der Waals surface area contributed by atoms with Gasteiger partial charge in [0.1, 0.15) is 0 Å². The summed E-state index contributed by atoms with van der Waals surface area (Å²) in [4.78, 5) is 0. The van der Waals surface area contributed by atoms with Gasteiger partial charge in [-0.2, -0.15) is 11.3 Å². The number of nitrogen functional groups attached to an aromatic ring is 1. The molecule has 1 aromatic heterocycles. The Kier molecular flexibility index (Phi) is 2.60. The van der Waals surface area contributed by atoms with Gasteiger partial charge < -0.3 is 5.73 Å². The molecule has 0 atom stereocenters. The van der Waals surface area contributed by atoms with Crippen molar-refractivity contribution >= 4 is 22.6 Å². The maximum atomic E-state index is 5.94. The third-order valence-corrected chi connectivity index (χ3v) is 3.09. The minimum atomic E-state index is 0.789. The summed E-state index contributed by atoms with van der Waals surface area (Å²) in [5, 5.41) is 4.14. The third-order valence-electron chi connectivity index (χ3n) is 2.40. The molecule has 0 fully saturated rings. The molecular weight excluding hydrogens is 202 g/mol. The highest BCUT2D eigenvalue weighted by Gasteiger charge is 2.06. The second-order valence-electron chi connectivity index (χ2n) is 3.58. The van der Waals surface area contributed by atoms with Crippen molar-refractivity contribution in [2.45, 2.75) is 6.92 Å². The lowest BCUT2D eigenvalue weighted by Gasteiger charge is -2.08. The number of anilines is 1. The fourth-order valence-corrected chi connectivity index (χ4v) is 2.19. The van der Waals surface area contributed by atoms with Crippen LogP contribution in [0, 0.1) is 6.92 Å². The molecule has 0 amide bonds. The van der Waals surface area contributed by atoms with Crippen LogP contribution < -0.4 is 5.73 Å². The summed E-state index contributed by atoms with van der Waals surface area (Å²) in [5.74, 6) is 0. The van der Waals surface area contributed by atoms with Crippen LogP contribution in [-0.4, -0.2) is 0 Å². The lowest BCUT2D eigenvalue weighted by Crippen LogP contribution is -1.94. The minimum absolute atomic E-state index is 0.789. The summed E-state index contributed by atoms with van der Waals surface area (Å²) >= 11 is 1.67. The first-order valence-electron chi connectivity index (χ1n) is 4.76. The quantitative estimate of drug-likeness (QED) is 0.759. The highest BCUT2D eigenvalue weighted by molar-refractivity contribution is 7.08. The predicted molar refractivity (Wildman–Crippen MR) is 68.0 cm³/mol. The Hall–Kier alpha value is -1.54. The van der Waals surface area contributed by atoms with Gasteiger partial charge in [0.05, 0.1) is 0 Å². The Morgan fingerprint density at radius 1 is 1.33 bits per heavy atom. The van der Waals surface area contributed by atoms with Crippen LogP contribution in [-0.2, 0) is 0 Å². The lowest BCUT2D eigenvalue weighted by atomic mass is 9.99. The van der Waals surface area contributed by atoms with E-state index in [0.29, 0.717) is 0 Å². The lowest BCUT2D eigenvalue weighted by molar-refractivity contribution is 1.45. The molecule has 76 valence electrons. The Morgan fingerprint density at radius 2 is 2.13 bits per heavy atom. The van der Waals surface area contributed by atoms with Crippen LogP contribution in [0.3, 0.4) is 0 Å². The summed E-state index contributed by atoms with van der Waals surface area (Å²) < 4.78 is 0. The van der Waals surface area contributed by atoms with Gasteiger partial charge in [0.25, 0.3) is 0 Å². The molecular formula is C13H13NS. The van der Waals surface area contributed by atoms with Crippen molar-refractivity contribution in [1.82, 2.24) is 0 Å². The maximum Gasteiger partial charge on any atom is 0.0393 e. The number of hydrogen-bond acceptors (Lipinski definition) is 2. The van der Waals surface area contributed by atoms with Gasteiger partial charge in [-0.05, 0) is 47.0 Å². The predicted octanol–water partition coefficient (Wildman–Crippen LogP) is 3.70. The number of benzene rings is 1. The van der Waals surface area contributed by atoms with Gasteiger partial charge in [-0.25, -0.2) is 0 Å². The molecule has 0 saturated carbocycles. The van der Waals surface area contributed by atoms with E-state index in [1.165, 1.54) is 5.56 Å². The summed E-state index contributed by atoms with van der Waals surface area (Å²) in [5.41, 5.74) is 11.1. The van der Waals surface area contributed by atoms with E-state index >= 15 is 0 Å². The molecule has 2 heteroatoms. The van der Waals surface area contributed by atoms with Crippen molar-refractivity contribution in [3.63, 3.8) is 0 Å². The van der Waals surface area contributed by atoms with Crippen molar-refractivity contribution in [3.8, 4) is 0 Å². The van der Waals surface area contributed by atoms with E-state index in [-0.39, 0.29) is 0 Å². The first kappa shape index (κ1) is 9.99. The van der Waals surface area contributed by atoms with Crippen LogP contribution in [0.2, 0.25) is 0 Å². The van der Waals surface area contributed by atoms with Crippen molar-refractivity contribution in [1.29, 1.82) is 0 Å². The third kappa shape index (κ3) is 1.95. The van der Waals surface area contributed by atoms with Gasteiger partial charge in [-0.3, -0.25) is 0 Å². The smallest absolute Gasteiger partial charge is 0.0393 e. The van der Waals surface area contributed by atoms with Crippen LogP contribution in [0.1, 0.15) is 16.7 Å². The zero-order chi connectivity index (χ0) is 10.8. The van der Waals surface area contributed by atoms with Crippen molar-refractivity contribution < 1.29 is 0 Å². The molecule has 1 heterocycles. The van der Waals surface area contributed by atoms with Crippen LogP contribution in [0.4, 0.5) is 5.69 Å². The summed E-state index contributed by atoms with van der Waals surface area (Å²) in [6.45, 7) is 6.16. The normalized spacial score (nSPS) is 10.2. The Balaban J connectivity index is 2.46. The van der Waals surface area contributed by atoms with E-state index in [2.05, 4.69) is 31.0 Å². The van der Waals surface area contributed by atoms with Crippen LogP contribution in [0.15, 0.2) is 41.6 Å². The molecule has 1 nitrogen and oxygen atoms in total. The topological polar surface area (TPSA) is 26.0 Å². The second kappa shape index (κ2) is 3.91. The van der Waals surface area contributed by atoms with Gasteiger partial charge >= 0.3 is 0 Å². The molecule has 0 aliphatic carbocycles. The van der Waals surface area contributed by atoms with Crippen molar-refractivity contribution in [2.75, 3.05) is 5.73 Å². The SMILES string of the molecule is C=C(c1ccsc1)c1cc(C)ccc1N. The monoisotopic (exact) mass is 215 g/mol. The highest BCUT2D eigenvalue weighted by Crippen LogP contribution is 2.28. The zero-order valence-corrected chi connectivity index (χ0v) is 9.47. The molecule has 1 aromatic carbocycles. The van der Waals surface area contributed by atoms with Gasteiger partial charge in [0.2, 0.25) is 0 Å². The zero-order valence-electron chi connectivity index (χ0n) is 8.66. The fraction of sp³-hybridized carbons (Fsp3) is 0.0769. The molecule has 2 aromatic rings. The number of rotatable bonds is 2. The highest BCUT2D eigenvalue weighted by atomic mass is 32.1. The van der Waals surface area contributed by atoms with E-state index < -0.39 is 0 Å². The van der Waals surface area contributed by atoms with E-state index in [4.69, 9.17) is 5.73 Å². The van der Waals surface area contributed by atoms with E-state index in [1.807, 2.05) is 17.5 Å². The maximum absolute atomic E-state index is 5.94. The van der Waals surface area contributed by atoms with Gasteiger partial charge in [0, 0.05) is 11.3 Å². The molecule has 0 saturated heterocycles. The standard InChI is InChI=1S/C13H13NS/c1-9-3-4-13(14)12(7-9)10(2)11-5-6-15-8-11/h3-8H,2,14H2,1H3. The van der Waals surface area contributed by atoms with Crippen LogP contribution in [0.25, 0.3) is 5.57 Å². The molecule has 0 aliphatic heterocycles. The van der Waals surface area contributed by atoms with E-state index in [0.717, 1.165) is 22.4 Å². The minimum Gasteiger partial charge on any atom is -0.398 e. The van der Waals surface area contributed by atoms with E-state index in [1.54, 1.807) is 11.3 Å².